The van der Waals surface area contributed by atoms with Crippen LogP contribution in [0.2, 0.25) is 0 Å². The molecule has 4 heteroatoms. The second kappa shape index (κ2) is 7.99. The predicted molar refractivity (Wildman–Crippen MR) is 82.1 cm³/mol. The molecule has 112 valence electrons. The van der Waals surface area contributed by atoms with Crippen molar-refractivity contribution in [2.45, 2.75) is 50.3 Å². The Kier molecular flexibility index (Phi) is 6.30. The minimum absolute atomic E-state index is 0.109. The van der Waals surface area contributed by atoms with Gasteiger partial charge < -0.3 is 5.32 Å². The highest BCUT2D eigenvalue weighted by Crippen LogP contribution is 2.31. The van der Waals surface area contributed by atoms with Gasteiger partial charge in [-0.25, -0.2) is 8.78 Å². The van der Waals surface area contributed by atoms with Crippen LogP contribution in [0.25, 0.3) is 0 Å². The van der Waals surface area contributed by atoms with Crippen LogP contribution in [0.4, 0.5) is 8.78 Å². The summed E-state index contributed by atoms with van der Waals surface area (Å²) in [5.41, 5.74) is 0.454. The Labute approximate surface area is 124 Å². The molecule has 1 saturated carbocycles. The zero-order valence-corrected chi connectivity index (χ0v) is 12.8. The summed E-state index contributed by atoms with van der Waals surface area (Å²) in [4.78, 5) is 0. The van der Waals surface area contributed by atoms with E-state index in [1.165, 1.54) is 50.3 Å². The van der Waals surface area contributed by atoms with Gasteiger partial charge in [-0.15, -0.1) is 0 Å². The zero-order chi connectivity index (χ0) is 14.4. The molecule has 1 unspecified atom stereocenters. The molecule has 1 fully saturated rings. The number of thioether (sulfide) groups is 1. The van der Waals surface area contributed by atoms with Gasteiger partial charge >= 0.3 is 0 Å². The number of halogens is 2. The van der Waals surface area contributed by atoms with Crippen LogP contribution >= 0.6 is 11.8 Å². The molecule has 0 spiro atoms. The molecule has 0 heterocycles. The van der Waals surface area contributed by atoms with Gasteiger partial charge in [0, 0.05) is 22.6 Å². The van der Waals surface area contributed by atoms with Crippen LogP contribution in [0.1, 0.15) is 50.6 Å². The van der Waals surface area contributed by atoms with Gasteiger partial charge in [0.25, 0.3) is 0 Å². The van der Waals surface area contributed by atoms with Gasteiger partial charge in [-0.3, -0.25) is 0 Å². The molecule has 1 aliphatic carbocycles. The second-order valence-corrected chi connectivity index (χ2v) is 6.70. The van der Waals surface area contributed by atoms with Crippen LogP contribution < -0.4 is 5.32 Å². The monoisotopic (exact) mass is 299 g/mol. The molecule has 0 bridgehead atoms. The van der Waals surface area contributed by atoms with Crippen molar-refractivity contribution < 1.29 is 8.78 Å². The van der Waals surface area contributed by atoms with E-state index in [2.05, 4.69) is 5.32 Å². The molecule has 1 nitrogen and oxygen atoms in total. The Morgan fingerprint density at radius 2 is 2.00 bits per heavy atom. The van der Waals surface area contributed by atoms with Gasteiger partial charge in [0.2, 0.25) is 0 Å². The predicted octanol–water partition coefficient (Wildman–Crippen LogP) is 4.68. The normalized spacial score (nSPS) is 18.1. The lowest BCUT2D eigenvalue weighted by atomic mass is 10.0. The van der Waals surface area contributed by atoms with E-state index in [4.69, 9.17) is 0 Å². The third-order valence-electron chi connectivity index (χ3n) is 3.83. The highest BCUT2D eigenvalue weighted by Gasteiger charge is 2.19. The molecular formula is C16H23F2NS. The van der Waals surface area contributed by atoms with Crippen molar-refractivity contribution in [1.82, 2.24) is 5.32 Å². The standard InChI is InChI=1S/C16H23F2NS/c1-2-19-16(11-20-13-6-4-3-5-7-13)14-10-12(17)8-9-15(14)18/h8-10,13,16,19H,2-7,11H2,1H3. The van der Waals surface area contributed by atoms with Gasteiger partial charge in [0.15, 0.2) is 0 Å². The molecule has 1 aliphatic rings. The molecule has 1 N–H and O–H groups in total. The minimum Gasteiger partial charge on any atom is -0.309 e. The summed E-state index contributed by atoms with van der Waals surface area (Å²) in [6.45, 7) is 2.75. The quantitative estimate of drug-likeness (QED) is 0.818. The summed E-state index contributed by atoms with van der Waals surface area (Å²) in [6, 6.07) is 3.61. The van der Waals surface area contributed by atoms with Gasteiger partial charge in [-0.1, -0.05) is 26.2 Å². The SMILES string of the molecule is CCNC(CSC1CCCCC1)c1cc(F)ccc1F. The van der Waals surface area contributed by atoms with Crippen LogP contribution in [-0.2, 0) is 0 Å². The maximum absolute atomic E-state index is 13.9. The first-order chi connectivity index (χ1) is 9.70. The van der Waals surface area contributed by atoms with E-state index < -0.39 is 0 Å². The Morgan fingerprint density at radius 3 is 2.70 bits per heavy atom. The van der Waals surface area contributed by atoms with E-state index in [0.29, 0.717) is 10.8 Å². The molecule has 0 amide bonds. The first-order valence-electron chi connectivity index (χ1n) is 7.50. The Bertz CT molecular complexity index is 419. The van der Waals surface area contributed by atoms with E-state index in [9.17, 15) is 8.78 Å². The van der Waals surface area contributed by atoms with E-state index in [-0.39, 0.29) is 17.7 Å². The lowest BCUT2D eigenvalue weighted by Crippen LogP contribution is -2.25. The largest absolute Gasteiger partial charge is 0.309 e. The Balaban J connectivity index is 2.00. The highest BCUT2D eigenvalue weighted by atomic mass is 32.2. The summed E-state index contributed by atoms with van der Waals surface area (Å²) in [7, 11) is 0. The topological polar surface area (TPSA) is 12.0 Å². The Morgan fingerprint density at radius 1 is 1.25 bits per heavy atom. The summed E-state index contributed by atoms with van der Waals surface area (Å²) >= 11 is 1.90. The number of hydrogen-bond donors (Lipinski definition) is 1. The van der Waals surface area contributed by atoms with Gasteiger partial charge in [0.05, 0.1) is 0 Å². The van der Waals surface area contributed by atoms with Gasteiger partial charge in [0.1, 0.15) is 11.6 Å². The number of hydrogen-bond acceptors (Lipinski definition) is 2. The number of benzene rings is 1. The van der Waals surface area contributed by atoms with E-state index in [0.717, 1.165) is 12.3 Å². The van der Waals surface area contributed by atoms with Gasteiger partial charge in [-0.2, -0.15) is 11.8 Å². The fraction of sp³-hybridized carbons (Fsp3) is 0.625. The van der Waals surface area contributed by atoms with Crippen molar-refractivity contribution in [2.75, 3.05) is 12.3 Å². The van der Waals surface area contributed by atoms with Crippen LogP contribution in [0.3, 0.4) is 0 Å². The molecule has 1 aromatic carbocycles. The van der Waals surface area contributed by atoms with Crippen molar-refractivity contribution in [1.29, 1.82) is 0 Å². The molecule has 0 aliphatic heterocycles. The summed E-state index contributed by atoms with van der Waals surface area (Å²) in [5.74, 6) is 0.118. The fourth-order valence-corrected chi connectivity index (χ4v) is 4.18. The zero-order valence-electron chi connectivity index (χ0n) is 12.0. The fourth-order valence-electron chi connectivity index (χ4n) is 2.75. The smallest absolute Gasteiger partial charge is 0.128 e. The maximum Gasteiger partial charge on any atom is 0.128 e. The van der Waals surface area contributed by atoms with Crippen LogP contribution in [-0.4, -0.2) is 17.5 Å². The van der Waals surface area contributed by atoms with Crippen LogP contribution in [0.5, 0.6) is 0 Å². The van der Waals surface area contributed by atoms with Crippen molar-refractivity contribution in [3.8, 4) is 0 Å². The van der Waals surface area contributed by atoms with Crippen LogP contribution in [0.15, 0.2) is 18.2 Å². The summed E-state index contributed by atoms with van der Waals surface area (Å²) in [5, 5.41) is 3.96. The van der Waals surface area contributed by atoms with Crippen molar-refractivity contribution in [3.05, 3.63) is 35.4 Å². The molecule has 1 atom stereocenters. The molecule has 1 aromatic rings. The molecular weight excluding hydrogens is 276 g/mol. The van der Waals surface area contributed by atoms with Crippen molar-refractivity contribution >= 4 is 11.8 Å². The molecule has 0 radical (unpaired) electrons. The Hall–Kier alpha value is -0.610. The third-order valence-corrected chi connectivity index (χ3v) is 5.30. The first kappa shape index (κ1) is 15.8. The van der Waals surface area contributed by atoms with Gasteiger partial charge in [-0.05, 0) is 37.6 Å². The molecule has 2 rings (SSSR count). The summed E-state index contributed by atoms with van der Waals surface area (Å²) < 4.78 is 27.2. The average molecular weight is 299 g/mol. The third kappa shape index (κ3) is 4.45. The minimum atomic E-state index is -0.369. The molecule has 0 saturated heterocycles. The molecule has 20 heavy (non-hydrogen) atoms. The van der Waals surface area contributed by atoms with Crippen molar-refractivity contribution in [2.24, 2.45) is 0 Å². The van der Waals surface area contributed by atoms with E-state index in [1.54, 1.807) is 0 Å². The van der Waals surface area contributed by atoms with Crippen LogP contribution in [0, 0.1) is 11.6 Å². The lowest BCUT2D eigenvalue weighted by Gasteiger charge is -2.25. The average Bonchev–Trinajstić information content (AvgIpc) is 2.47. The van der Waals surface area contributed by atoms with E-state index in [1.807, 2.05) is 18.7 Å². The summed E-state index contributed by atoms with van der Waals surface area (Å²) in [6.07, 6.45) is 6.46. The first-order valence-corrected chi connectivity index (χ1v) is 8.55. The highest BCUT2D eigenvalue weighted by molar-refractivity contribution is 7.99. The lowest BCUT2D eigenvalue weighted by molar-refractivity contribution is 0.511. The maximum atomic E-state index is 13.9. The molecule has 0 aromatic heterocycles. The number of rotatable bonds is 6. The number of nitrogens with one attached hydrogen (secondary N) is 1. The second-order valence-electron chi connectivity index (χ2n) is 5.37. The van der Waals surface area contributed by atoms with Crippen molar-refractivity contribution in [3.63, 3.8) is 0 Å². The van der Waals surface area contributed by atoms with E-state index >= 15 is 0 Å².